The van der Waals surface area contributed by atoms with E-state index in [0.717, 1.165) is 0 Å². The molecule has 0 saturated carbocycles. The number of nitrogens with zero attached hydrogens (tertiary/aromatic N) is 1. The molecular weight excluding hydrogens is 204 g/mol. The SMILES string of the molecule is CC[C@@H](N)C(=O)N1CSC[C@H]1C(=O)O. The molecule has 80 valence electrons. The normalized spacial score (nSPS) is 23.6. The van der Waals surface area contributed by atoms with E-state index in [-0.39, 0.29) is 5.91 Å². The lowest BCUT2D eigenvalue weighted by atomic mass is 10.2. The minimum absolute atomic E-state index is 0.259. The molecule has 0 aromatic carbocycles. The van der Waals surface area contributed by atoms with E-state index in [2.05, 4.69) is 0 Å². The minimum Gasteiger partial charge on any atom is -0.480 e. The number of rotatable bonds is 3. The van der Waals surface area contributed by atoms with Crippen LogP contribution in [0.3, 0.4) is 0 Å². The number of aliphatic carboxylic acids is 1. The molecule has 2 atom stereocenters. The van der Waals surface area contributed by atoms with Crippen molar-refractivity contribution in [2.45, 2.75) is 25.4 Å². The van der Waals surface area contributed by atoms with Gasteiger partial charge in [0.05, 0.1) is 11.9 Å². The number of thioether (sulfide) groups is 1. The van der Waals surface area contributed by atoms with Gasteiger partial charge in [-0.2, -0.15) is 0 Å². The number of carboxylic acids is 1. The van der Waals surface area contributed by atoms with E-state index in [1.54, 1.807) is 0 Å². The lowest BCUT2D eigenvalue weighted by molar-refractivity contribution is -0.148. The second-order valence-electron chi connectivity index (χ2n) is 3.18. The molecule has 3 N–H and O–H groups in total. The van der Waals surface area contributed by atoms with Crippen molar-refractivity contribution >= 4 is 23.6 Å². The van der Waals surface area contributed by atoms with Crippen LogP contribution in [0.25, 0.3) is 0 Å². The fraction of sp³-hybridized carbons (Fsp3) is 0.750. The lowest BCUT2D eigenvalue weighted by Crippen LogP contribution is -2.48. The van der Waals surface area contributed by atoms with E-state index in [1.807, 2.05) is 6.92 Å². The van der Waals surface area contributed by atoms with Crippen molar-refractivity contribution in [3.05, 3.63) is 0 Å². The molecule has 0 spiro atoms. The monoisotopic (exact) mass is 218 g/mol. The summed E-state index contributed by atoms with van der Waals surface area (Å²) in [5.74, 6) is -0.322. The van der Waals surface area contributed by atoms with E-state index < -0.39 is 18.1 Å². The lowest BCUT2D eigenvalue weighted by Gasteiger charge is -2.23. The van der Waals surface area contributed by atoms with Crippen molar-refractivity contribution in [3.8, 4) is 0 Å². The average molecular weight is 218 g/mol. The highest BCUT2D eigenvalue weighted by Crippen LogP contribution is 2.21. The summed E-state index contributed by atoms with van der Waals surface area (Å²) in [5, 5.41) is 8.84. The average Bonchev–Trinajstić information content (AvgIpc) is 2.63. The number of amides is 1. The zero-order chi connectivity index (χ0) is 10.7. The largest absolute Gasteiger partial charge is 0.480 e. The van der Waals surface area contributed by atoms with Crippen LogP contribution in [0.1, 0.15) is 13.3 Å². The second-order valence-corrected chi connectivity index (χ2v) is 4.18. The first-order chi connectivity index (χ1) is 6.57. The number of hydrogen-bond acceptors (Lipinski definition) is 4. The Bertz CT molecular complexity index is 247. The molecule has 1 aliphatic heterocycles. The topological polar surface area (TPSA) is 83.6 Å². The van der Waals surface area contributed by atoms with Crippen molar-refractivity contribution < 1.29 is 14.7 Å². The summed E-state index contributed by atoms with van der Waals surface area (Å²) in [6, 6.07) is -1.28. The van der Waals surface area contributed by atoms with Crippen molar-refractivity contribution in [3.63, 3.8) is 0 Å². The Balaban J connectivity index is 2.67. The van der Waals surface area contributed by atoms with Crippen LogP contribution in [-0.4, -0.2) is 45.6 Å². The maximum atomic E-state index is 11.6. The highest BCUT2D eigenvalue weighted by molar-refractivity contribution is 7.99. The van der Waals surface area contributed by atoms with Gasteiger partial charge in [0.15, 0.2) is 0 Å². The van der Waals surface area contributed by atoms with Gasteiger partial charge in [-0.15, -0.1) is 11.8 Å². The summed E-state index contributed by atoms with van der Waals surface area (Å²) in [4.78, 5) is 23.7. The van der Waals surface area contributed by atoms with E-state index in [1.165, 1.54) is 16.7 Å². The van der Waals surface area contributed by atoms with Gasteiger partial charge in [-0.05, 0) is 6.42 Å². The van der Waals surface area contributed by atoms with E-state index >= 15 is 0 Å². The highest BCUT2D eigenvalue weighted by atomic mass is 32.2. The third-order valence-electron chi connectivity index (χ3n) is 2.21. The maximum absolute atomic E-state index is 11.6. The molecule has 1 heterocycles. The van der Waals surface area contributed by atoms with Crippen molar-refractivity contribution in [1.82, 2.24) is 4.90 Å². The molecule has 6 heteroatoms. The summed E-state index contributed by atoms with van der Waals surface area (Å²) >= 11 is 1.44. The molecule has 0 bridgehead atoms. The molecule has 0 aliphatic carbocycles. The zero-order valence-corrected chi connectivity index (χ0v) is 8.79. The first-order valence-corrected chi connectivity index (χ1v) is 5.60. The second kappa shape index (κ2) is 4.65. The van der Waals surface area contributed by atoms with Crippen LogP contribution in [0.15, 0.2) is 0 Å². The molecule has 1 aliphatic rings. The van der Waals surface area contributed by atoms with Gasteiger partial charge in [0.25, 0.3) is 0 Å². The van der Waals surface area contributed by atoms with Crippen LogP contribution in [0, 0.1) is 0 Å². The Morgan fingerprint density at radius 1 is 1.71 bits per heavy atom. The van der Waals surface area contributed by atoms with Crippen molar-refractivity contribution in [1.29, 1.82) is 0 Å². The van der Waals surface area contributed by atoms with Crippen LogP contribution in [0.5, 0.6) is 0 Å². The predicted octanol–water partition coefficient (Wildman–Crippen LogP) is -0.290. The summed E-state index contributed by atoms with van der Waals surface area (Å²) in [5.41, 5.74) is 5.57. The van der Waals surface area contributed by atoms with Crippen LogP contribution in [-0.2, 0) is 9.59 Å². The Hall–Kier alpha value is -0.750. The Morgan fingerprint density at radius 3 is 2.86 bits per heavy atom. The maximum Gasteiger partial charge on any atom is 0.327 e. The zero-order valence-electron chi connectivity index (χ0n) is 7.97. The molecule has 0 aromatic heterocycles. The van der Waals surface area contributed by atoms with Gasteiger partial charge >= 0.3 is 5.97 Å². The first kappa shape index (κ1) is 11.3. The van der Waals surface area contributed by atoms with E-state index in [0.29, 0.717) is 18.1 Å². The molecular formula is C8H14N2O3S. The Labute approximate surface area is 86.6 Å². The summed E-state index contributed by atoms with van der Waals surface area (Å²) < 4.78 is 0. The molecule has 0 aromatic rings. The Morgan fingerprint density at radius 2 is 2.36 bits per heavy atom. The van der Waals surface area contributed by atoms with Gasteiger partial charge in [-0.1, -0.05) is 6.92 Å². The third-order valence-corrected chi connectivity index (χ3v) is 3.22. The molecule has 0 radical (unpaired) electrons. The summed E-state index contributed by atoms with van der Waals surface area (Å²) in [6.07, 6.45) is 0.534. The highest BCUT2D eigenvalue weighted by Gasteiger charge is 2.35. The quantitative estimate of drug-likeness (QED) is 0.680. The van der Waals surface area contributed by atoms with Gasteiger partial charge in [0.1, 0.15) is 6.04 Å². The smallest absolute Gasteiger partial charge is 0.327 e. The van der Waals surface area contributed by atoms with Crippen molar-refractivity contribution in [2.24, 2.45) is 5.73 Å². The van der Waals surface area contributed by atoms with Gasteiger partial charge < -0.3 is 15.7 Å². The number of hydrogen-bond donors (Lipinski definition) is 2. The summed E-state index contributed by atoms with van der Waals surface area (Å²) in [6.45, 7) is 1.81. The Kier molecular flexibility index (Phi) is 3.77. The number of carbonyl (C=O) groups is 2. The van der Waals surface area contributed by atoms with E-state index in [4.69, 9.17) is 10.8 Å². The first-order valence-electron chi connectivity index (χ1n) is 4.44. The number of carboxylic acid groups (broad SMARTS) is 1. The molecule has 1 rings (SSSR count). The molecule has 1 amide bonds. The fourth-order valence-electron chi connectivity index (χ4n) is 1.25. The van der Waals surface area contributed by atoms with Gasteiger partial charge in [-0.25, -0.2) is 4.79 Å². The number of carbonyl (C=O) groups excluding carboxylic acids is 1. The van der Waals surface area contributed by atoms with E-state index in [9.17, 15) is 9.59 Å². The minimum atomic E-state index is -0.952. The third kappa shape index (κ3) is 2.19. The van der Waals surface area contributed by atoms with Crippen LogP contribution >= 0.6 is 11.8 Å². The summed E-state index contributed by atoms with van der Waals surface area (Å²) in [7, 11) is 0. The molecule has 14 heavy (non-hydrogen) atoms. The standard InChI is InChI=1S/C8H14N2O3S/c1-2-5(9)7(11)10-4-14-3-6(10)8(12)13/h5-6H,2-4,9H2,1H3,(H,12,13)/t5-,6+/m1/s1. The molecule has 1 fully saturated rings. The fourth-order valence-corrected chi connectivity index (χ4v) is 2.41. The van der Waals surface area contributed by atoms with Gasteiger partial charge in [0.2, 0.25) is 5.91 Å². The molecule has 0 unspecified atom stereocenters. The predicted molar refractivity (Wildman–Crippen MR) is 53.9 cm³/mol. The van der Waals surface area contributed by atoms with Gasteiger partial charge in [-0.3, -0.25) is 4.79 Å². The van der Waals surface area contributed by atoms with Crippen LogP contribution < -0.4 is 5.73 Å². The van der Waals surface area contributed by atoms with Gasteiger partial charge in [0, 0.05) is 5.75 Å². The molecule has 5 nitrogen and oxygen atoms in total. The van der Waals surface area contributed by atoms with Crippen molar-refractivity contribution in [2.75, 3.05) is 11.6 Å². The molecule has 1 saturated heterocycles. The van der Waals surface area contributed by atoms with Crippen LogP contribution in [0.2, 0.25) is 0 Å². The number of nitrogens with two attached hydrogens (primary N) is 1. The van der Waals surface area contributed by atoms with Crippen LogP contribution in [0.4, 0.5) is 0 Å².